The van der Waals surface area contributed by atoms with E-state index in [-0.39, 0.29) is 11.4 Å². The largest absolute Gasteiger partial charge is 0.508 e. The van der Waals surface area contributed by atoms with Crippen LogP contribution in [-0.4, -0.2) is 19.5 Å². The smallest absolute Gasteiger partial charge is 0.416 e. The van der Waals surface area contributed by atoms with Crippen LogP contribution in [0.4, 0.5) is 24.7 Å². The molecular formula is C19H13F3N4O. The average molecular weight is 370 g/mol. The number of anilines is 2. The Hall–Kier alpha value is -3.55. The summed E-state index contributed by atoms with van der Waals surface area (Å²) in [5.74, 6) is 0.978. The van der Waals surface area contributed by atoms with Gasteiger partial charge < -0.3 is 10.4 Å². The van der Waals surface area contributed by atoms with Crippen molar-refractivity contribution in [3.63, 3.8) is 0 Å². The molecular weight excluding hydrogens is 357 g/mol. The molecule has 2 heterocycles. The molecule has 0 amide bonds. The Morgan fingerprint density at radius 1 is 1.00 bits per heavy atom. The van der Waals surface area contributed by atoms with Crippen LogP contribution in [0, 0.1) is 0 Å². The first-order chi connectivity index (χ1) is 12.9. The highest BCUT2D eigenvalue weighted by Crippen LogP contribution is 2.34. The highest BCUT2D eigenvalue weighted by atomic mass is 19.4. The summed E-state index contributed by atoms with van der Waals surface area (Å²) in [6.07, 6.45) is -1.13. The number of imidazole rings is 1. The van der Waals surface area contributed by atoms with Gasteiger partial charge in [-0.1, -0.05) is 6.07 Å². The van der Waals surface area contributed by atoms with Crippen LogP contribution in [-0.2, 0) is 6.18 Å². The van der Waals surface area contributed by atoms with E-state index in [0.717, 1.165) is 12.1 Å². The summed E-state index contributed by atoms with van der Waals surface area (Å²) in [5.41, 5.74) is 0.722. The molecule has 5 nitrogen and oxygen atoms in total. The quantitative estimate of drug-likeness (QED) is 0.540. The predicted octanol–water partition coefficient (Wildman–Crippen LogP) is 4.86. The van der Waals surface area contributed by atoms with Crippen molar-refractivity contribution in [2.45, 2.75) is 6.18 Å². The minimum absolute atomic E-state index is 0.105. The van der Waals surface area contributed by atoms with E-state index in [0.29, 0.717) is 22.9 Å². The monoisotopic (exact) mass is 370 g/mol. The van der Waals surface area contributed by atoms with Crippen molar-refractivity contribution in [1.82, 2.24) is 14.4 Å². The van der Waals surface area contributed by atoms with E-state index in [1.54, 1.807) is 41.1 Å². The zero-order chi connectivity index (χ0) is 19.0. The van der Waals surface area contributed by atoms with E-state index in [1.165, 1.54) is 18.2 Å². The fourth-order valence-corrected chi connectivity index (χ4v) is 2.74. The first-order valence-corrected chi connectivity index (χ1v) is 7.98. The number of nitrogens with zero attached hydrogens (tertiary/aromatic N) is 3. The Balaban J connectivity index is 1.83. The number of aromatic nitrogens is 3. The summed E-state index contributed by atoms with van der Waals surface area (Å²) in [6, 6.07) is 13.0. The molecule has 0 atom stereocenters. The molecule has 4 rings (SSSR count). The molecule has 0 saturated heterocycles. The maximum atomic E-state index is 13.0. The van der Waals surface area contributed by atoms with Gasteiger partial charge in [0.25, 0.3) is 0 Å². The molecule has 0 spiro atoms. The topological polar surface area (TPSA) is 62.5 Å². The highest BCUT2D eigenvalue weighted by Gasteiger charge is 2.30. The highest BCUT2D eigenvalue weighted by molar-refractivity contribution is 5.79. The van der Waals surface area contributed by atoms with Crippen LogP contribution in [0.1, 0.15) is 5.56 Å². The summed E-state index contributed by atoms with van der Waals surface area (Å²) in [6.45, 7) is 0. The zero-order valence-corrected chi connectivity index (χ0v) is 13.8. The van der Waals surface area contributed by atoms with Crippen molar-refractivity contribution in [1.29, 1.82) is 0 Å². The molecule has 8 heteroatoms. The van der Waals surface area contributed by atoms with Gasteiger partial charge in [0.15, 0.2) is 0 Å². The van der Waals surface area contributed by atoms with Gasteiger partial charge >= 0.3 is 6.18 Å². The van der Waals surface area contributed by atoms with Gasteiger partial charge in [-0.3, -0.25) is 4.40 Å². The third-order valence-corrected chi connectivity index (χ3v) is 4.00. The first-order valence-electron chi connectivity index (χ1n) is 7.98. The summed E-state index contributed by atoms with van der Waals surface area (Å²) in [7, 11) is 0. The molecule has 0 fully saturated rings. The van der Waals surface area contributed by atoms with Crippen LogP contribution in [0.3, 0.4) is 0 Å². The predicted molar refractivity (Wildman–Crippen MR) is 94.8 cm³/mol. The second-order valence-electron chi connectivity index (χ2n) is 5.85. The van der Waals surface area contributed by atoms with Gasteiger partial charge in [0.1, 0.15) is 17.3 Å². The number of alkyl halides is 3. The second-order valence-corrected chi connectivity index (χ2v) is 5.85. The second kappa shape index (κ2) is 6.31. The third-order valence-electron chi connectivity index (χ3n) is 4.00. The number of benzene rings is 2. The van der Waals surface area contributed by atoms with E-state index >= 15 is 0 Å². The molecule has 136 valence electrons. The molecule has 0 unspecified atom stereocenters. The Morgan fingerprint density at radius 2 is 1.78 bits per heavy atom. The van der Waals surface area contributed by atoms with E-state index < -0.39 is 11.7 Å². The maximum Gasteiger partial charge on any atom is 0.416 e. The summed E-state index contributed by atoms with van der Waals surface area (Å²) < 4.78 is 40.7. The van der Waals surface area contributed by atoms with E-state index in [4.69, 9.17) is 0 Å². The molecule has 0 saturated carbocycles. The number of aromatic hydroxyl groups is 1. The number of hydrogen-bond donors (Lipinski definition) is 2. The van der Waals surface area contributed by atoms with Gasteiger partial charge in [-0.15, -0.1) is 0 Å². The van der Waals surface area contributed by atoms with Crippen LogP contribution < -0.4 is 5.32 Å². The lowest BCUT2D eigenvalue weighted by atomic mass is 10.1. The SMILES string of the molecule is Oc1ccc(-c2nc3ncccn3c2Nc2cccc(C(F)(F)F)c2)cc1. The normalized spacial score (nSPS) is 11.7. The summed E-state index contributed by atoms with van der Waals surface area (Å²) in [4.78, 5) is 8.65. The Labute approximate surface area is 151 Å². The molecule has 27 heavy (non-hydrogen) atoms. The molecule has 2 N–H and O–H groups in total. The Morgan fingerprint density at radius 3 is 2.52 bits per heavy atom. The van der Waals surface area contributed by atoms with Gasteiger partial charge in [0.2, 0.25) is 5.78 Å². The van der Waals surface area contributed by atoms with Crippen LogP contribution in [0.25, 0.3) is 17.0 Å². The number of rotatable bonds is 3. The van der Waals surface area contributed by atoms with Gasteiger partial charge in [-0.2, -0.15) is 13.2 Å². The number of hydrogen-bond acceptors (Lipinski definition) is 4. The molecule has 4 aromatic rings. The summed E-state index contributed by atoms with van der Waals surface area (Å²) >= 11 is 0. The molecule has 0 aliphatic carbocycles. The van der Waals surface area contributed by atoms with Crippen LogP contribution in [0.2, 0.25) is 0 Å². The zero-order valence-electron chi connectivity index (χ0n) is 13.8. The average Bonchev–Trinajstić information content (AvgIpc) is 3.01. The number of phenols is 1. The number of nitrogens with one attached hydrogen (secondary N) is 1. The van der Waals surface area contributed by atoms with Crippen molar-refractivity contribution in [3.8, 4) is 17.0 Å². The lowest BCUT2D eigenvalue weighted by Crippen LogP contribution is -2.05. The number of fused-ring (bicyclic) bond motifs is 1. The maximum absolute atomic E-state index is 13.0. The van der Waals surface area contributed by atoms with Gasteiger partial charge in [-0.05, 0) is 48.5 Å². The van der Waals surface area contributed by atoms with Crippen molar-refractivity contribution < 1.29 is 18.3 Å². The van der Waals surface area contributed by atoms with Crippen molar-refractivity contribution >= 4 is 17.3 Å². The minimum atomic E-state index is -4.43. The van der Waals surface area contributed by atoms with Gasteiger partial charge in [0.05, 0.1) is 5.56 Å². The fraction of sp³-hybridized carbons (Fsp3) is 0.0526. The molecule has 2 aromatic carbocycles. The number of phenolic OH excluding ortho intramolecular Hbond substituents is 1. The Kier molecular flexibility index (Phi) is 3.95. The molecule has 0 aliphatic heterocycles. The van der Waals surface area contributed by atoms with E-state index in [1.807, 2.05) is 0 Å². The van der Waals surface area contributed by atoms with Gasteiger partial charge in [-0.25, -0.2) is 9.97 Å². The van der Waals surface area contributed by atoms with Gasteiger partial charge in [0, 0.05) is 23.6 Å². The summed E-state index contributed by atoms with van der Waals surface area (Å²) in [5, 5.41) is 12.5. The van der Waals surface area contributed by atoms with Crippen molar-refractivity contribution in [3.05, 3.63) is 72.6 Å². The lowest BCUT2D eigenvalue weighted by molar-refractivity contribution is -0.137. The van der Waals surface area contributed by atoms with Crippen LogP contribution in [0.15, 0.2) is 67.0 Å². The molecule has 0 radical (unpaired) electrons. The molecule has 0 aliphatic rings. The van der Waals surface area contributed by atoms with Crippen molar-refractivity contribution in [2.75, 3.05) is 5.32 Å². The lowest BCUT2D eigenvalue weighted by Gasteiger charge is -2.12. The number of halogens is 3. The van der Waals surface area contributed by atoms with E-state index in [9.17, 15) is 18.3 Å². The van der Waals surface area contributed by atoms with Crippen LogP contribution >= 0.6 is 0 Å². The standard InChI is InChI=1S/C19H13F3N4O/c20-19(21,22)13-3-1-4-14(11-13)24-17-16(12-5-7-15(27)8-6-12)25-18-23-9-2-10-26(17)18/h1-11,24,27H. The molecule has 2 aromatic heterocycles. The molecule has 0 bridgehead atoms. The van der Waals surface area contributed by atoms with E-state index in [2.05, 4.69) is 15.3 Å². The third kappa shape index (κ3) is 3.29. The first kappa shape index (κ1) is 16.9. The van der Waals surface area contributed by atoms with Crippen LogP contribution in [0.5, 0.6) is 5.75 Å². The fourth-order valence-electron chi connectivity index (χ4n) is 2.74. The minimum Gasteiger partial charge on any atom is -0.508 e. The Bertz CT molecular complexity index is 1100. The van der Waals surface area contributed by atoms with Crippen molar-refractivity contribution in [2.24, 2.45) is 0 Å².